The van der Waals surface area contributed by atoms with Gasteiger partial charge in [-0.15, -0.1) is 0 Å². The summed E-state index contributed by atoms with van der Waals surface area (Å²) in [6, 6.07) is 16.2. The Bertz CT molecular complexity index is 1860. The number of benzene rings is 3. The van der Waals surface area contributed by atoms with Gasteiger partial charge in [0.25, 0.3) is 11.5 Å². The van der Waals surface area contributed by atoms with E-state index in [1.165, 1.54) is 11.8 Å². The Balaban J connectivity index is 1.20. The SMILES string of the molecule is CC[C@@H](Sc1nc2cc3c(cc2c(=O)n1Cc1ccc(C(=O)NCCc2ccc(OC)c(OC)c2)cc1)OCO3)C(=O)N1CCOCC1. The molecule has 48 heavy (non-hydrogen) atoms. The maximum atomic E-state index is 14.0. The van der Waals surface area contributed by atoms with Crippen LogP contribution < -0.4 is 29.8 Å². The topological polar surface area (TPSA) is 130 Å². The van der Waals surface area contributed by atoms with Gasteiger partial charge in [0.15, 0.2) is 28.2 Å². The van der Waals surface area contributed by atoms with Crippen LogP contribution in [0.2, 0.25) is 0 Å². The maximum absolute atomic E-state index is 14.0. The van der Waals surface area contributed by atoms with Crippen LogP contribution in [0.1, 0.15) is 34.8 Å². The maximum Gasteiger partial charge on any atom is 0.262 e. The summed E-state index contributed by atoms with van der Waals surface area (Å²) in [7, 11) is 3.18. The number of hydrogen-bond donors (Lipinski definition) is 1. The lowest BCUT2D eigenvalue weighted by Gasteiger charge is -2.30. The molecule has 2 aliphatic heterocycles. The summed E-state index contributed by atoms with van der Waals surface area (Å²) in [5, 5.41) is 3.35. The Labute approximate surface area is 282 Å². The minimum Gasteiger partial charge on any atom is -0.493 e. The van der Waals surface area contributed by atoms with E-state index in [-0.39, 0.29) is 30.7 Å². The molecule has 2 amide bonds. The molecule has 0 bridgehead atoms. The number of carbonyl (C=O) groups is 2. The number of nitrogens with zero attached hydrogens (tertiary/aromatic N) is 3. The van der Waals surface area contributed by atoms with Gasteiger partial charge in [-0.25, -0.2) is 4.98 Å². The summed E-state index contributed by atoms with van der Waals surface area (Å²) in [5.74, 6) is 2.10. The number of morpholine rings is 1. The molecule has 3 heterocycles. The van der Waals surface area contributed by atoms with E-state index in [0.717, 1.165) is 11.1 Å². The Morgan fingerprint density at radius 1 is 0.958 bits per heavy atom. The first-order valence-corrected chi connectivity index (χ1v) is 16.7. The molecular weight excluding hydrogens is 636 g/mol. The van der Waals surface area contributed by atoms with Gasteiger partial charge < -0.3 is 33.9 Å². The molecule has 13 heteroatoms. The molecule has 1 fully saturated rings. The molecule has 1 atom stereocenters. The minimum atomic E-state index is -0.433. The second-order valence-corrected chi connectivity index (χ2v) is 12.5. The number of methoxy groups -OCH3 is 2. The van der Waals surface area contributed by atoms with Gasteiger partial charge in [0.05, 0.1) is 50.1 Å². The number of rotatable bonds is 12. The van der Waals surface area contributed by atoms with Crippen LogP contribution in [-0.4, -0.2) is 85.4 Å². The van der Waals surface area contributed by atoms with E-state index >= 15 is 0 Å². The van der Waals surface area contributed by atoms with Gasteiger partial charge in [-0.2, -0.15) is 0 Å². The van der Waals surface area contributed by atoms with Crippen LogP contribution in [0.5, 0.6) is 23.0 Å². The predicted octanol–water partition coefficient (Wildman–Crippen LogP) is 3.89. The monoisotopic (exact) mass is 674 g/mol. The highest BCUT2D eigenvalue weighted by molar-refractivity contribution is 8.00. The first-order valence-electron chi connectivity index (χ1n) is 15.8. The van der Waals surface area contributed by atoms with Crippen molar-refractivity contribution in [2.45, 2.75) is 36.7 Å². The fourth-order valence-electron chi connectivity index (χ4n) is 5.65. The van der Waals surface area contributed by atoms with Gasteiger partial charge in [0, 0.05) is 31.3 Å². The standard InChI is InChI=1S/C35H38N4O8S/c1-4-31(34(42)38-13-15-45-16-14-38)48-35-37-26-19-30-29(46-21-47-30)18-25(26)33(41)39(35)20-23-5-8-24(9-6-23)32(40)36-12-11-22-7-10-27(43-2)28(17-22)44-3/h5-10,17-19,31H,4,11-16,20-21H2,1-3H3,(H,36,40)/t31-/m1/s1. The summed E-state index contributed by atoms with van der Waals surface area (Å²) in [4.78, 5) is 47.1. The van der Waals surface area contributed by atoms with Crippen LogP contribution in [0.4, 0.5) is 0 Å². The second-order valence-electron chi connectivity index (χ2n) is 11.4. The quantitative estimate of drug-likeness (QED) is 0.175. The first kappa shape index (κ1) is 33.2. The van der Waals surface area contributed by atoms with Crippen LogP contribution in [0.3, 0.4) is 0 Å². The molecule has 1 N–H and O–H groups in total. The molecule has 6 rings (SSSR count). The van der Waals surface area contributed by atoms with Crippen LogP contribution in [0.25, 0.3) is 10.9 Å². The van der Waals surface area contributed by atoms with Crippen LogP contribution >= 0.6 is 11.8 Å². The lowest BCUT2D eigenvalue weighted by Crippen LogP contribution is -2.44. The number of aromatic nitrogens is 2. The highest BCUT2D eigenvalue weighted by Crippen LogP contribution is 2.36. The van der Waals surface area contributed by atoms with Gasteiger partial charge >= 0.3 is 0 Å². The van der Waals surface area contributed by atoms with Gasteiger partial charge in [0.2, 0.25) is 12.7 Å². The van der Waals surface area contributed by atoms with Crippen molar-refractivity contribution in [1.82, 2.24) is 19.8 Å². The third-order valence-corrected chi connectivity index (χ3v) is 9.68. The Kier molecular flexibility index (Phi) is 10.4. The lowest BCUT2D eigenvalue weighted by molar-refractivity contribution is -0.134. The zero-order chi connectivity index (χ0) is 33.6. The molecule has 3 aromatic carbocycles. The first-order chi connectivity index (χ1) is 23.4. The summed E-state index contributed by atoms with van der Waals surface area (Å²) in [6.07, 6.45) is 1.18. The zero-order valence-corrected chi connectivity index (χ0v) is 28.0. The fraction of sp³-hybridized carbons (Fsp3) is 0.371. The molecule has 0 unspecified atom stereocenters. The van der Waals surface area contributed by atoms with E-state index in [0.29, 0.717) is 90.3 Å². The summed E-state index contributed by atoms with van der Waals surface area (Å²) in [5.41, 5.74) is 2.52. The van der Waals surface area contributed by atoms with Crippen molar-refractivity contribution in [2.75, 3.05) is 53.9 Å². The van der Waals surface area contributed by atoms with E-state index < -0.39 is 5.25 Å². The summed E-state index contributed by atoms with van der Waals surface area (Å²) >= 11 is 1.29. The van der Waals surface area contributed by atoms with E-state index in [9.17, 15) is 14.4 Å². The molecule has 4 aromatic rings. The Hall–Kier alpha value is -4.75. The highest BCUT2D eigenvalue weighted by atomic mass is 32.2. The molecule has 0 radical (unpaired) electrons. The van der Waals surface area contributed by atoms with Crippen LogP contribution in [0, 0.1) is 0 Å². The normalized spacial score (nSPS) is 14.5. The predicted molar refractivity (Wildman–Crippen MR) is 181 cm³/mol. The van der Waals surface area contributed by atoms with Crippen molar-refractivity contribution in [3.63, 3.8) is 0 Å². The van der Waals surface area contributed by atoms with Gasteiger partial charge in [0.1, 0.15) is 0 Å². The van der Waals surface area contributed by atoms with Crippen molar-refractivity contribution in [1.29, 1.82) is 0 Å². The number of nitrogens with one attached hydrogen (secondary N) is 1. The van der Waals surface area contributed by atoms with E-state index in [2.05, 4.69) is 5.32 Å². The summed E-state index contributed by atoms with van der Waals surface area (Å²) < 4.78 is 28.7. The molecule has 1 aromatic heterocycles. The van der Waals surface area contributed by atoms with Crippen LogP contribution in [0.15, 0.2) is 64.5 Å². The number of ether oxygens (including phenoxy) is 5. The van der Waals surface area contributed by atoms with E-state index in [1.54, 1.807) is 43.1 Å². The average molecular weight is 675 g/mol. The average Bonchev–Trinajstić information content (AvgIpc) is 3.59. The number of fused-ring (bicyclic) bond motifs is 2. The molecular formula is C35H38N4O8S. The van der Waals surface area contributed by atoms with E-state index in [4.69, 9.17) is 28.7 Å². The number of thioether (sulfide) groups is 1. The van der Waals surface area contributed by atoms with E-state index in [1.807, 2.05) is 42.2 Å². The molecule has 0 saturated carbocycles. The number of hydrogen-bond acceptors (Lipinski definition) is 10. The molecule has 252 valence electrons. The molecule has 0 spiro atoms. The zero-order valence-electron chi connectivity index (χ0n) is 27.2. The van der Waals surface area contributed by atoms with Gasteiger partial charge in [-0.3, -0.25) is 19.0 Å². The third-order valence-electron chi connectivity index (χ3n) is 8.33. The molecule has 2 aliphatic rings. The molecule has 0 aliphatic carbocycles. The van der Waals surface area contributed by atoms with Crippen molar-refractivity contribution in [3.05, 3.63) is 81.6 Å². The van der Waals surface area contributed by atoms with Gasteiger partial charge in [-0.05, 0) is 54.3 Å². The van der Waals surface area contributed by atoms with Crippen molar-refractivity contribution >= 4 is 34.5 Å². The lowest BCUT2D eigenvalue weighted by atomic mass is 10.1. The Morgan fingerprint density at radius 3 is 2.38 bits per heavy atom. The Morgan fingerprint density at radius 2 is 1.67 bits per heavy atom. The molecule has 12 nitrogen and oxygen atoms in total. The highest BCUT2D eigenvalue weighted by Gasteiger charge is 2.28. The van der Waals surface area contributed by atoms with Crippen molar-refractivity contribution in [3.8, 4) is 23.0 Å². The van der Waals surface area contributed by atoms with Crippen molar-refractivity contribution in [2.24, 2.45) is 0 Å². The summed E-state index contributed by atoms with van der Waals surface area (Å²) in [6.45, 7) is 4.74. The van der Waals surface area contributed by atoms with Crippen molar-refractivity contribution < 1.29 is 33.3 Å². The third kappa shape index (κ3) is 7.21. The number of amides is 2. The minimum absolute atomic E-state index is 0.00104. The fourth-order valence-corrected chi connectivity index (χ4v) is 6.74. The smallest absolute Gasteiger partial charge is 0.262 e. The number of carbonyl (C=O) groups excluding carboxylic acids is 2. The molecule has 1 saturated heterocycles. The second kappa shape index (κ2) is 15.0. The van der Waals surface area contributed by atoms with Crippen LogP contribution in [-0.2, 0) is 22.5 Å². The largest absolute Gasteiger partial charge is 0.493 e. The van der Waals surface area contributed by atoms with Gasteiger partial charge in [-0.1, -0.05) is 36.9 Å².